The SMILES string of the molecule is CCC(C)(O)CNS(=O)(=O)CCCOC. The van der Waals surface area contributed by atoms with Crippen LogP contribution >= 0.6 is 0 Å². The molecule has 0 radical (unpaired) electrons. The van der Waals surface area contributed by atoms with E-state index in [-0.39, 0.29) is 12.3 Å². The lowest BCUT2D eigenvalue weighted by atomic mass is 10.1. The highest BCUT2D eigenvalue weighted by Gasteiger charge is 2.20. The molecule has 0 saturated heterocycles. The van der Waals surface area contributed by atoms with E-state index in [0.717, 1.165) is 0 Å². The van der Waals surface area contributed by atoms with Crippen LogP contribution in [0.5, 0.6) is 0 Å². The number of sulfonamides is 1. The van der Waals surface area contributed by atoms with Gasteiger partial charge in [0.25, 0.3) is 0 Å². The van der Waals surface area contributed by atoms with Crippen LogP contribution in [0.2, 0.25) is 0 Å². The lowest BCUT2D eigenvalue weighted by Crippen LogP contribution is -2.41. The number of rotatable bonds is 8. The van der Waals surface area contributed by atoms with Gasteiger partial charge in [-0.2, -0.15) is 0 Å². The fraction of sp³-hybridized carbons (Fsp3) is 1.00. The molecule has 0 aliphatic heterocycles. The highest BCUT2D eigenvalue weighted by atomic mass is 32.2. The number of nitrogens with one attached hydrogen (secondary N) is 1. The van der Waals surface area contributed by atoms with Gasteiger partial charge in [0.05, 0.1) is 11.4 Å². The van der Waals surface area contributed by atoms with E-state index >= 15 is 0 Å². The topological polar surface area (TPSA) is 75.6 Å². The zero-order chi connectivity index (χ0) is 11.9. The van der Waals surface area contributed by atoms with Crippen LogP contribution in [0.4, 0.5) is 0 Å². The maximum Gasteiger partial charge on any atom is 0.211 e. The Bertz CT molecular complexity index is 261. The van der Waals surface area contributed by atoms with Crippen LogP contribution in [0.1, 0.15) is 26.7 Å². The predicted octanol–water partition coefficient (Wildman–Crippen LogP) is 0.103. The molecule has 0 aliphatic rings. The Kier molecular flexibility index (Phi) is 6.35. The van der Waals surface area contributed by atoms with Crippen LogP contribution in [0.15, 0.2) is 0 Å². The molecule has 0 aromatic carbocycles. The van der Waals surface area contributed by atoms with Crippen molar-refractivity contribution in [3.63, 3.8) is 0 Å². The van der Waals surface area contributed by atoms with E-state index in [4.69, 9.17) is 4.74 Å². The van der Waals surface area contributed by atoms with Crippen LogP contribution in [-0.2, 0) is 14.8 Å². The van der Waals surface area contributed by atoms with Crippen LogP contribution in [0.25, 0.3) is 0 Å². The molecule has 0 bridgehead atoms. The Hall–Kier alpha value is -0.170. The maximum atomic E-state index is 11.4. The van der Waals surface area contributed by atoms with Gasteiger partial charge in [-0.1, -0.05) is 6.92 Å². The Morgan fingerprint density at radius 1 is 1.47 bits per heavy atom. The molecule has 0 aliphatic carbocycles. The summed E-state index contributed by atoms with van der Waals surface area (Å²) >= 11 is 0. The molecule has 0 heterocycles. The second kappa shape index (κ2) is 6.42. The molecule has 5 nitrogen and oxygen atoms in total. The standard InChI is InChI=1S/C9H21NO4S/c1-4-9(2,11)8-10-15(12,13)7-5-6-14-3/h10-11H,4-8H2,1-3H3. The van der Waals surface area contributed by atoms with Crippen molar-refractivity contribution in [2.24, 2.45) is 0 Å². The molecule has 6 heteroatoms. The first-order valence-electron chi connectivity index (χ1n) is 5.01. The van der Waals surface area contributed by atoms with E-state index in [2.05, 4.69) is 4.72 Å². The first-order chi connectivity index (χ1) is 6.83. The molecule has 0 spiro atoms. The van der Waals surface area contributed by atoms with Crippen molar-refractivity contribution in [3.8, 4) is 0 Å². The van der Waals surface area contributed by atoms with Crippen molar-refractivity contribution in [1.29, 1.82) is 0 Å². The number of ether oxygens (including phenoxy) is 1. The maximum absolute atomic E-state index is 11.4. The second-order valence-corrected chi connectivity index (χ2v) is 5.76. The fourth-order valence-electron chi connectivity index (χ4n) is 0.856. The highest BCUT2D eigenvalue weighted by Crippen LogP contribution is 2.06. The average molecular weight is 239 g/mol. The Morgan fingerprint density at radius 2 is 2.07 bits per heavy atom. The number of hydrogen-bond donors (Lipinski definition) is 2. The zero-order valence-corrected chi connectivity index (χ0v) is 10.4. The molecule has 2 N–H and O–H groups in total. The molecule has 0 rings (SSSR count). The summed E-state index contributed by atoms with van der Waals surface area (Å²) in [6, 6.07) is 0. The van der Waals surface area contributed by atoms with Gasteiger partial charge >= 0.3 is 0 Å². The van der Waals surface area contributed by atoms with Crippen LogP contribution in [0, 0.1) is 0 Å². The van der Waals surface area contributed by atoms with Gasteiger partial charge in [-0.25, -0.2) is 13.1 Å². The monoisotopic (exact) mass is 239 g/mol. The van der Waals surface area contributed by atoms with Crippen molar-refractivity contribution >= 4 is 10.0 Å². The van der Waals surface area contributed by atoms with Crippen molar-refractivity contribution in [2.45, 2.75) is 32.3 Å². The van der Waals surface area contributed by atoms with E-state index in [1.807, 2.05) is 0 Å². The molecule has 92 valence electrons. The van der Waals surface area contributed by atoms with E-state index < -0.39 is 15.6 Å². The Morgan fingerprint density at radius 3 is 2.53 bits per heavy atom. The first-order valence-corrected chi connectivity index (χ1v) is 6.67. The fourth-order valence-corrected chi connectivity index (χ4v) is 2.03. The lowest BCUT2D eigenvalue weighted by Gasteiger charge is -2.21. The first kappa shape index (κ1) is 14.8. The molecule has 1 unspecified atom stereocenters. The molecule has 0 amide bonds. The highest BCUT2D eigenvalue weighted by molar-refractivity contribution is 7.89. The third-order valence-electron chi connectivity index (χ3n) is 2.20. The molecule has 15 heavy (non-hydrogen) atoms. The molecular formula is C9H21NO4S. The van der Waals surface area contributed by atoms with E-state index in [1.165, 1.54) is 7.11 Å². The van der Waals surface area contributed by atoms with Crippen LogP contribution < -0.4 is 4.72 Å². The third kappa shape index (κ3) is 7.72. The number of aliphatic hydroxyl groups is 1. The minimum Gasteiger partial charge on any atom is -0.389 e. The summed E-state index contributed by atoms with van der Waals surface area (Å²) in [5, 5.41) is 9.61. The molecule has 0 aromatic rings. The summed E-state index contributed by atoms with van der Waals surface area (Å²) in [6.45, 7) is 3.88. The smallest absolute Gasteiger partial charge is 0.211 e. The van der Waals surface area contributed by atoms with Crippen LogP contribution in [-0.4, -0.2) is 45.1 Å². The average Bonchev–Trinajstić information content (AvgIpc) is 2.16. The third-order valence-corrected chi connectivity index (χ3v) is 3.61. The zero-order valence-electron chi connectivity index (χ0n) is 9.62. The summed E-state index contributed by atoms with van der Waals surface area (Å²) in [5.41, 5.74) is -0.978. The molecule has 1 atom stereocenters. The molecular weight excluding hydrogens is 218 g/mol. The minimum atomic E-state index is -3.29. The van der Waals surface area contributed by atoms with Gasteiger partial charge in [0.2, 0.25) is 10.0 Å². The van der Waals surface area contributed by atoms with Gasteiger partial charge in [-0.15, -0.1) is 0 Å². The normalized spacial score (nSPS) is 16.3. The number of hydrogen-bond acceptors (Lipinski definition) is 4. The summed E-state index contributed by atoms with van der Waals surface area (Å²) in [4.78, 5) is 0. The minimum absolute atomic E-state index is 0.0284. The lowest BCUT2D eigenvalue weighted by molar-refractivity contribution is 0.0613. The van der Waals surface area contributed by atoms with E-state index in [0.29, 0.717) is 19.4 Å². The van der Waals surface area contributed by atoms with E-state index in [9.17, 15) is 13.5 Å². The van der Waals surface area contributed by atoms with Crippen molar-refractivity contribution in [2.75, 3.05) is 26.0 Å². The Labute approximate surface area is 91.9 Å². The summed E-state index contributed by atoms with van der Waals surface area (Å²) in [5.74, 6) is 0.0284. The predicted molar refractivity (Wildman–Crippen MR) is 59.2 cm³/mol. The Balaban J connectivity index is 3.94. The second-order valence-electron chi connectivity index (χ2n) is 3.84. The van der Waals surface area contributed by atoms with Crippen molar-refractivity contribution in [3.05, 3.63) is 0 Å². The largest absolute Gasteiger partial charge is 0.389 e. The summed E-state index contributed by atoms with van der Waals surface area (Å²) in [6.07, 6.45) is 0.966. The number of methoxy groups -OCH3 is 1. The van der Waals surface area contributed by atoms with E-state index in [1.54, 1.807) is 13.8 Å². The van der Waals surface area contributed by atoms with Gasteiger partial charge < -0.3 is 9.84 Å². The molecule has 0 fully saturated rings. The quantitative estimate of drug-likeness (QED) is 0.589. The van der Waals surface area contributed by atoms with Crippen molar-refractivity contribution < 1.29 is 18.3 Å². The van der Waals surface area contributed by atoms with Crippen LogP contribution in [0.3, 0.4) is 0 Å². The molecule has 0 saturated carbocycles. The summed E-state index contributed by atoms with van der Waals surface area (Å²) < 4.78 is 29.9. The van der Waals surface area contributed by atoms with Gasteiger partial charge in [0.15, 0.2) is 0 Å². The van der Waals surface area contributed by atoms with Crippen molar-refractivity contribution in [1.82, 2.24) is 4.72 Å². The van der Waals surface area contributed by atoms with Gasteiger partial charge in [-0.05, 0) is 19.8 Å². The van der Waals surface area contributed by atoms with Gasteiger partial charge in [-0.3, -0.25) is 0 Å². The molecule has 0 aromatic heterocycles. The summed E-state index contributed by atoms with van der Waals surface area (Å²) in [7, 11) is -1.76. The van der Waals surface area contributed by atoms with Gasteiger partial charge in [0.1, 0.15) is 0 Å². The van der Waals surface area contributed by atoms with Gasteiger partial charge in [0, 0.05) is 20.3 Å².